The lowest BCUT2D eigenvalue weighted by Crippen LogP contribution is -2.29. The van der Waals surface area contributed by atoms with Gasteiger partial charge in [-0.2, -0.15) is 10.5 Å². The molecule has 0 radical (unpaired) electrons. The van der Waals surface area contributed by atoms with E-state index in [1.54, 1.807) is 24.3 Å². The molecular weight excluding hydrogens is 250 g/mol. The summed E-state index contributed by atoms with van der Waals surface area (Å²) in [6, 6.07) is 10.3. The van der Waals surface area contributed by atoms with Crippen LogP contribution in [0.4, 0.5) is 0 Å². The van der Waals surface area contributed by atoms with Gasteiger partial charge in [-0.1, -0.05) is 12.1 Å². The Morgan fingerprint density at radius 1 is 1.22 bits per heavy atom. The maximum absolute atomic E-state index is 11.9. The van der Waals surface area contributed by atoms with Crippen LogP contribution in [-0.4, -0.2) is 26.3 Å². The van der Waals surface area contributed by atoms with E-state index in [1.165, 1.54) is 11.4 Å². The molecule has 0 aliphatic heterocycles. The van der Waals surface area contributed by atoms with Crippen LogP contribution < -0.4 is 0 Å². The molecule has 1 rings (SSSR count). The summed E-state index contributed by atoms with van der Waals surface area (Å²) >= 11 is 0. The summed E-state index contributed by atoms with van der Waals surface area (Å²) < 4.78 is 25.0. The molecule has 18 heavy (non-hydrogen) atoms. The third-order valence-electron chi connectivity index (χ3n) is 2.45. The molecule has 0 N–H and O–H groups in total. The zero-order chi connectivity index (χ0) is 13.6. The Hall–Kier alpha value is -1.89. The van der Waals surface area contributed by atoms with Crippen molar-refractivity contribution in [3.63, 3.8) is 0 Å². The Bertz CT molecular complexity index is 579. The van der Waals surface area contributed by atoms with Gasteiger partial charge in [0.15, 0.2) is 0 Å². The molecule has 0 aliphatic rings. The summed E-state index contributed by atoms with van der Waals surface area (Å²) in [5.41, 5.74) is 1.12. The number of nitriles is 2. The van der Waals surface area contributed by atoms with Gasteiger partial charge in [0.2, 0.25) is 10.0 Å². The normalized spacial score (nSPS) is 10.9. The molecule has 0 heterocycles. The topological polar surface area (TPSA) is 85.0 Å². The average molecular weight is 263 g/mol. The summed E-state index contributed by atoms with van der Waals surface area (Å²) in [4.78, 5) is 0. The van der Waals surface area contributed by atoms with Crippen molar-refractivity contribution >= 4 is 10.0 Å². The highest BCUT2D eigenvalue weighted by atomic mass is 32.2. The van der Waals surface area contributed by atoms with Crippen LogP contribution in [0.15, 0.2) is 24.3 Å². The molecule has 0 amide bonds. The molecule has 0 atom stereocenters. The van der Waals surface area contributed by atoms with Crippen LogP contribution in [-0.2, 0) is 15.8 Å². The van der Waals surface area contributed by atoms with Gasteiger partial charge < -0.3 is 0 Å². The molecule has 0 unspecified atom stereocenters. The van der Waals surface area contributed by atoms with E-state index < -0.39 is 10.0 Å². The fraction of sp³-hybridized carbons (Fsp3) is 0.333. The van der Waals surface area contributed by atoms with Crippen LogP contribution in [0.5, 0.6) is 0 Å². The van der Waals surface area contributed by atoms with Crippen molar-refractivity contribution in [1.82, 2.24) is 4.31 Å². The van der Waals surface area contributed by atoms with Crippen LogP contribution in [0.25, 0.3) is 0 Å². The van der Waals surface area contributed by atoms with E-state index in [1.807, 2.05) is 12.1 Å². The van der Waals surface area contributed by atoms with Gasteiger partial charge in [0.1, 0.15) is 0 Å². The Balaban J connectivity index is 2.76. The van der Waals surface area contributed by atoms with Gasteiger partial charge >= 0.3 is 0 Å². The smallest absolute Gasteiger partial charge is 0.212 e. The van der Waals surface area contributed by atoms with Gasteiger partial charge in [-0.05, 0) is 17.7 Å². The first kappa shape index (κ1) is 14.2. The Kier molecular flexibility index (Phi) is 4.85. The van der Waals surface area contributed by atoms with Crippen LogP contribution in [0, 0.1) is 22.7 Å². The highest BCUT2D eigenvalue weighted by molar-refractivity contribution is 7.88. The van der Waals surface area contributed by atoms with Gasteiger partial charge in [0.25, 0.3) is 0 Å². The Morgan fingerprint density at radius 3 is 2.33 bits per heavy atom. The molecule has 0 saturated heterocycles. The highest BCUT2D eigenvalue weighted by Gasteiger charge is 2.17. The molecule has 0 spiro atoms. The van der Waals surface area contributed by atoms with E-state index in [9.17, 15) is 8.42 Å². The van der Waals surface area contributed by atoms with Gasteiger partial charge in [-0.25, -0.2) is 12.7 Å². The van der Waals surface area contributed by atoms with Crippen molar-refractivity contribution < 1.29 is 8.42 Å². The van der Waals surface area contributed by atoms with Crippen molar-refractivity contribution in [1.29, 1.82) is 10.5 Å². The number of sulfonamides is 1. The van der Waals surface area contributed by atoms with E-state index in [4.69, 9.17) is 10.5 Å². The zero-order valence-corrected chi connectivity index (χ0v) is 10.8. The molecule has 5 nitrogen and oxygen atoms in total. The first-order valence-electron chi connectivity index (χ1n) is 5.29. The maximum atomic E-state index is 11.9. The Labute approximate surface area is 107 Å². The first-order valence-corrected chi connectivity index (χ1v) is 6.90. The molecule has 0 fully saturated rings. The van der Waals surface area contributed by atoms with E-state index in [0.29, 0.717) is 11.1 Å². The maximum Gasteiger partial charge on any atom is 0.218 e. The van der Waals surface area contributed by atoms with Crippen LogP contribution >= 0.6 is 0 Å². The van der Waals surface area contributed by atoms with E-state index in [-0.39, 0.29) is 18.7 Å². The predicted octanol–water partition coefficient (Wildman–Crippen LogP) is 1.23. The van der Waals surface area contributed by atoms with Crippen molar-refractivity contribution in [2.75, 3.05) is 13.6 Å². The number of hydrogen-bond donors (Lipinski definition) is 0. The minimum Gasteiger partial charge on any atom is -0.212 e. The summed E-state index contributed by atoms with van der Waals surface area (Å²) in [5, 5.41) is 17.1. The van der Waals surface area contributed by atoms with E-state index in [2.05, 4.69) is 0 Å². The van der Waals surface area contributed by atoms with E-state index >= 15 is 0 Å². The second-order valence-electron chi connectivity index (χ2n) is 3.79. The van der Waals surface area contributed by atoms with E-state index in [0.717, 1.165) is 0 Å². The molecular formula is C12H13N3O2S. The molecule has 0 aromatic heterocycles. The third-order valence-corrected chi connectivity index (χ3v) is 4.28. The number of hydrogen-bond acceptors (Lipinski definition) is 4. The zero-order valence-electron chi connectivity index (χ0n) is 10.00. The minimum absolute atomic E-state index is 0.124. The number of nitrogens with zero attached hydrogens (tertiary/aromatic N) is 3. The molecule has 0 aliphatic carbocycles. The van der Waals surface area contributed by atoms with Crippen molar-refractivity contribution in [2.24, 2.45) is 0 Å². The third kappa shape index (κ3) is 3.85. The van der Waals surface area contributed by atoms with Crippen LogP contribution in [0.3, 0.4) is 0 Å². The predicted molar refractivity (Wildman–Crippen MR) is 66.6 cm³/mol. The number of benzene rings is 1. The van der Waals surface area contributed by atoms with Gasteiger partial charge in [-0.3, -0.25) is 0 Å². The van der Waals surface area contributed by atoms with Crippen LogP contribution in [0.1, 0.15) is 17.5 Å². The van der Waals surface area contributed by atoms with Crippen LogP contribution in [0.2, 0.25) is 0 Å². The van der Waals surface area contributed by atoms with Gasteiger partial charge in [0.05, 0.1) is 23.5 Å². The molecule has 94 valence electrons. The molecule has 0 saturated carbocycles. The quantitative estimate of drug-likeness (QED) is 0.799. The lowest BCUT2D eigenvalue weighted by atomic mass is 10.2. The SMILES string of the molecule is CN(CCC#N)S(=O)(=O)Cc1ccc(C#N)cc1. The van der Waals surface area contributed by atoms with Gasteiger partial charge in [0, 0.05) is 20.0 Å². The lowest BCUT2D eigenvalue weighted by Gasteiger charge is -2.15. The summed E-state index contributed by atoms with van der Waals surface area (Å²) in [7, 11) is -1.95. The lowest BCUT2D eigenvalue weighted by molar-refractivity contribution is 0.475. The highest BCUT2D eigenvalue weighted by Crippen LogP contribution is 2.11. The fourth-order valence-electron chi connectivity index (χ4n) is 1.34. The molecule has 6 heteroatoms. The summed E-state index contributed by atoms with van der Waals surface area (Å²) in [5.74, 6) is -0.124. The van der Waals surface area contributed by atoms with Gasteiger partial charge in [-0.15, -0.1) is 0 Å². The standard InChI is InChI=1S/C12H13N3O2S/c1-15(8-2-7-13)18(16,17)10-12-5-3-11(9-14)4-6-12/h3-6H,2,8,10H2,1H3. The second-order valence-corrected chi connectivity index (χ2v) is 5.87. The second kappa shape index (κ2) is 6.15. The largest absolute Gasteiger partial charge is 0.218 e. The fourth-order valence-corrected chi connectivity index (χ4v) is 2.55. The summed E-state index contributed by atoms with van der Waals surface area (Å²) in [6.45, 7) is 0.190. The monoisotopic (exact) mass is 263 g/mol. The molecule has 1 aromatic rings. The molecule has 1 aromatic carbocycles. The Morgan fingerprint density at radius 2 is 1.83 bits per heavy atom. The molecule has 0 bridgehead atoms. The average Bonchev–Trinajstić information content (AvgIpc) is 2.36. The van der Waals surface area contributed by atoms with Crippen molar-refractivity contribution in [3.8, 4) is 12.1 Å². The first-order chi connectivity index (χ1) is 8.49. The number of rotatable bonds is 5. The minimum atomic E-state index is -3.41. The van der Waals surface area contributed by atoms with Crippen molar-refractivity contribution in [3.05, 3.63) is 35.4 Å². The van der Waals surface area contributed by atoms with Crippen molar-refractivity contribution in [2.45, 2.75) is 12.2 Å². The summed E-state index contributed by atoms with van der Waals surface area (Å²) in [6.07, 6.45) is 0.170.